The number of carboxylic acid groups (broad SMARTS) is 2. The van der Waals surface area contributed by atoms with Crippen LogP contribution in [0.4, 0.5) is 0 Å². The maximum atomic E-state index is 9.25. The molecule has 10 nitrogen and oxygen atoms in total. The fourth-order valence-electron chi connectivity index (χ4n) is 0.212. The quantitative estimate of drug-likeness (QED) is 0.234. The van der Waals surface area contributed by atoms with E-state index in [2.05, 4.69) is 13.2 Å². The minimum absolute atomic E-state index is 0.0938. The van der Waals surface area contributed by atoms with E-state index < -0.39 is 11.9 Å². The van der Waals surface area contributed by atoms with E-state index >= 15 is 0 Å². The monoisotopic (exact) mass is 372 g/mol. The first-order chi connectivity index (χ1) is 11.8. The number of aliphatic hydroxyl groups excluding tert-OH is 6. The molecule has 0 spiro atoms. The maximum Gasteiger partial charge on any atom is 0.327 e. The first-order valence-corrected chi connectivity index (χ1v) is 7.15. The lowest BCUT2D eigenvalue weighted by Gasteiger charge is -1.79. The minimum Gasteiger partial charge on any atom is -0.478 e. The Morgan fingerprint density at radius 1 is 0.560 bits per heavy atom. The second-order valence-corrected chi connectivity index (χ2v) is 3.49. The van der Waals surface area contributed by atoms with Gasteiger partial charge < -0.3 is 40.9 Å². The Kier molecular flexibility index (Phi) is 59.6. The van der Waals surface area contributed by atoms with Gasteiger partial charge in [-0.15, -0.1) is 0 Å². The van der Waals surface area contributed by atoms with Crippen LogP contribution in [0.15, 0.2) is 25.3 Å². The molecule has 0 aliphatic heterocycles. The van der Waals surface area contributed by atoms with Gasteiger partial charge in [0.25, 0.3) is 0 Å². The standard InChI is InChI=1S/2C3H4O2.3C3H8O2/c2*1-2-3(4)5;3*4-2-1-3-5/h2*2H,1H2,(H,4,5);3*4-5H,1-3H2. The summed E-state index contributed by atoms with van der Waals surface area (Å²) in [6.07, 6.45) is 3.17. The molecule has 0 radical (unpaired) electrons. The van der Waals surface area contributed by atoms with Gasteiger partial charge in [-0.2, -0.15) is 0 Å². The van der Waals surface area contributed by atoms with Crippen molar-refractivity contribution in [2.24, 2.45) is 0 Å². The van der Waals surface area contributed by atoms with Crippen molar-refractivity contribution in [1.29, 1.82) is 0 Å². The summed E-state index contributed by atoms with van der Waals surface area (Å²) in [5.74, 6) is -1.96. The summed E-state index contributed by atoms with van der Waals surface area (Å²) in [6.45, 7) is 6.48. The number of hydrogen-bond acceptors (Lipinski definition) is 8. The van der Waals surface area contributed by atoms with E-state index in [4.69, 9.17) is 40.9 Å². The van der Waals surface area contributed by atoms with Crippen LogP contribution < -0.4 is 0 Å². The molecule has 0 bridgehead atoms. The van der Waals surface area contributed by atoms with E-state index in [0.29, 0.717) is 19.3 Å². The molecule has 0 fully saturated rings. The van der Waals surface area contributed by atoms with Gasteiger partial charge in [-0.25, -0.2) is 9.59 Å². The van der Waals surface area contributed by atoms with Crippen LogP contribution in [0.5, 0.6) is 0 Å². The first kappa shape index (κ1) is 34.5. The third-order valence-corrected chi connectivity index (χ3v) is 1.30. The van der Waals surface area contributed by atoms with Crippen LogP contribution in [0.25, 0.3) is 0 Å². The zero-order chi connectivity index (χ0) is 20.9. The summed E-state index contributed by atoms with van der Waals surface area (Å²) >= 11 is 0. The van der Waals surface area contributed by atoms with Crippen molar-refractivity contribution in [3.8, 4) is 0 Å². The molecule has 0 atom stereocenters. The lowest BCUT2D eigenvalue weighted by molar-refractivity contribution is -0.132. The normalized spacial score (nSPS) is 7.60. The SMILES string of the molecule is C=CC(=O)O.C=CC(=O)O.OCCCO.OCCCO.OCCCO. The fourth-order valence-corrected chi connectivity index (χ4v) is 0.212. The van der Waals surface area contributed by atoms with E-state index in [0.717, 1.165) is 12.2 Å². The van der Waals surface area contributed by atoms with Crippen molar-refractivity contribution in [2.45, 2.75) is 19.3 Å². The Morgan fingerprint density at radius 2 is 0.680 bits per heavy atom. The Morgan fingerprint density at radius 3 is 0.680 bits per heavy atom. The largest absolute Gasteiger partial charge is 0.478 e. The molecule has 0 saturated heterocycles. The van der Waals surface area contributed by atoms with Crippen LogP contribution in [0.2, 0.25) is 0 Å². The van der Waals surface area contributed by atoms with E-state index in [-0.39, 0.29) is 39.6 Å². The summed E-state index contributed by atoms with van der Waals surface area (Å²) < 4.78 is 0. The van der Waals surface area contributed by atoms with Gasteiger partial charge in [0.2, 0.25) is 0 Å². The fraction of sp³-hybridized carbons (Fsp3) is 0.600. The molecule has 0 heterocycles. The van der Waals surface area contributed by atoms with Crippen LogP contribution in [-0.4, -0.2) is 92.4 Å². The first-order valence-electron chi connectivity index (χ1n) is 7.15. The summed E-state index contributed by atoms with van der Waals surface area (Å²) in [4.78, 5) is 18.5. The molecular weight excluding hydrogens is 340 g/mol. The summed E-state index contributed by atoms with van der Waals surface area (Å²) in [5, 5.41) is 62.6. The molecular formula is C15H32O10. The Bertz CT molecular complexity index is 231. The van der Waals surface area contributed by atoms with Crippen molar-refractivity contribution in [3.63, 3.8) is 0 Å². The van der Waals surface area contributed by atoms with Crippen molar-refractivity contribution in [3.05, 3.63) is 25.3 Å². The van der Waals surface area contributed by atoms with Gasteiger partial charge in [0.15, 0.2) is 0 Å². The van der Waals surface area contributed by atoms with E-state index in [1.165, 1.54) is 0 Å². The molecule has 0 aromatic heterocycles. The summed E-state index contributed by atoms with van der Waals surface area (Å²) in [6, 6.07) is 0. The zero-order valence-electron chi connectivity index (χ0n) is 14.3. The highest BCUT2D eigenvalue weighted by Gasteiger charge is 1.74. The number of hydrogen-bond donors (Lipinski definition) is 8. The third-order valence-electron chi connectivity index (χ3n) is 1.30. The third kappa shape index (κ3) is 135. The smallest absolute Gasteiger partial charge is 0.327 e. The van der Waals surface area contributed by atoms with E-state index in [1.54, 1.807) is 0 Å². The van der Waals surface area contributed by atoms with E-state index in [1.807, 2.05) is 0 Å². The highest BCUT2D eigenvalue weighted by molar-refractivity contribution is 5.79. The molecule has 0 aromatic rings. The Hall–Kier alpha value is -1.82. The molecule has 0 aromatic carbocycles. The number of aliphatic carboxylic acids is 2. The lowest BCUT2D eigenvalue weighted by Crippen LogP contribution is -1.85. The summed E-state index contributed by atoms with van der Waals surface area (Å²) in [7, 11) is 0. The van der Waals surface area contributed by atoms with Crippen LogP contribution in [0.3, 0.4) is 0 Å². The van der Waals surface area contributed by atoms with Gasteiger partial charge in [0.1, 0.15) is 0 Å². The topological polar surface area (TPSA) is 196 Å². The molecule has 0 aliphatic carbocycles. The Balaban J connectivity index is -0.0000000667. The predicted molar refractivity (Wildman–Crippen MR) is 92.0 cm³/mol. The Labute approximate surface area is 147 Å². The molecule has 0 unspecified atom stereocenters. The van der Waals surface area contributed by atoms with Gasteiger partial charge >= 0.3 is 11.9 Å². The molecule has 0 rings (SSSR count). The number of carboxylic acids is 2. The molecule has 8 N–H and O–H groups in total. The van der Waals surface area contributed by atoms with Gasteiger partial charge in [0.05, 0.1) is 0 Å². The second-order valence-electron chi connectivity index (χ2n) is 3.49. The minimum atomic E-state index is -0.981. The molecule has 0 aliphatic rings. The number of aliphatic hydroxyl groups is 6. The highest BCUT2D eigenvalue weighted by atomic mass is 16.4. The van der Waals surface area contributed by atoms with Crippen molar-refractivity contribution in [1.82, 2.24) is 0 Å². The van der Waals surface area contributed by atoms with Crippen LogP contribution in [0, 0.1) is 0 Å². The van der Waals surface area contributed by atoms with Crippen molar-refractivity contribution in [2.75, 3.05) is 39.6 Å². The van der Waals surface area contributed by atoms with Gasteiger partial charge in [-0.05, 0) is 19.3 Å². The summed E-state index contributed by atoms with van der Waals surface area (Å²) in [5.41, 5.74) is 0. The van der Waals surface area contributed by atoms with Crippen LogP contribution in [0.1, 0.15) is 19.3 Å². The molecule has 152 valence electrons. The molecule has 25 heavy (non-hydrogen) atoms. The molecule has 0 amide bonds. The zero-order valence-corrected chi connectivity index (χ0v) is 14.3. The molecule has 10 heteroatoms. The highest BCUT2D eigenvalue weighted by Crippen LogP contribution is 1.66. The predicted octanol–water partition coefficient (Wildman–Crippen LogP) is -1.40. The van der Waals surface area contributed by atoms with Crippen molar-refractivity contribution < 1.29 is 50.4 Å². The molecule has 0 saturated carbocycles. The number of carbonyl (C=O) groups is 2. The van der Waals surface area contributed by atoms with Gasteiger partial charge in [-0.3, -0.25) is 0 Å². The van der Waals surface area contributed by atoms with Gasteiger partial charge in [0, 0.05) is 51.8 Å². The second kappa shape index (κ2) is 43.2. The average Bonchev–Trinajstić information content (AvgIpc) is 2.59. The average molecular weight is 372 g/mol. The maximum absolute atomic E-state index is 9.25. The van der Waals surface area contributed by atoms with E-state index in [9.17, 15) is 9.59 Å². The van der Waals surface area contributed by atoms with Crippen LogP contribution >= 0.6 is 0 Å². The van der Waals surface area contributed by atoms with Crippen molar-refractivity contribution >= 4 is 11.9 Å². The van der Waals surface area contributed by atoms with Crippen LogP contribution in [-0.2, 0) is 9.59 Å². The van der Waals surface area contributed by atoms with Gasteiger partial charge in [-0.1, -0.05) is 13.2 Å². The lowest BCUT2D eigenvalue weighted by atomic mass is 10.5. The number of rotatable bonds is 8.